The van der Waals surface area contributed by atoms with Gasteiger partial charge in [-0.1, -0.05) is 0 Å². The van der Waals surface area contributed by atoms with Crippen molar-refractivity contribution in [2.24, 2.45) is 5.92 Å². The van der Waals surface area contributed by atoms with Gasteiger partial charge in [-0.3, -0.25) is 0 Å². The second-order valence-corrected chi connectivity index (χ2v) is 6.47. The number of nitrogens with zero attached hydrogens (tertiary/aromatic N) is 2. The Hall–Kier alpha value is -2.28. The third kappa shape index (κ3) is 13.8. The molecule has 0 aliphatic rings. The van der Waals surface area contributed by atoms with Crippen molar-refractivity contribution in [2.75, 3.05) is 14.1 Å². The van der Waals surface area contributed by atoms with E-state index >= 15 is 0 Å². The number of hydrazine groups is 1. The molecule has 2 rings (SSSR count). The van der Waals surface area contributed by atoms with Crippen molar-refractivity contribution in [3.8, 4) is 0 Å². The first kappa shape index (κ1) is 32.4. The molecule has 0 saturated carbocycles. The van der Waals surface area contributed by atoms with Crippen LogP contribution in [-0.2, 0) is 47.4 Å². The first-order valence-corrected chi connectivity index (χ1v) is 9.10. The minimum absolute atomic E-state index is 0.452. The number of hydrogen-bond donors (Lipinski definition) is 0. The van der Waals surface area contributed by atoms with Gasteiger partial charge in [-0.05, 0) is 0 Å². The minimum atomic E-state index is 0.452. The summed E-state index contributed by atoms with van der Waals surface area (Å²) < 4.78 is 31.3. The van der Waals surface area contributed by atoms with E-state index in [1.807, 2.05) is 0 Å². The van der Waals surface area contributed by atoms with E-state index in [-0.39, 0.29) is 0 Å². The summed E-state index contributed by atoms with van der Waals surface area (Å²) in [5.74, 6) is 0.452. The van der Waals surface area contributed by atoms with E-state index in [9.17, 15) is 0 Å². The van der Waals surface area contributed by atoms with Crippen LogP contribution in [0.1, 0.15) is 18.1 Å². The zero-order valence-electron chi connectivity index (χ0n) is 17.2. The van der Waals surface area contributed by atoms with Crippen LogP contribution in [0.25, 0.3) is 0 Å². The van der Waals surface area contributed by atoms with Gasteiger partial charge in [0.1, 0.15) is 0 Å². The van der Waals surface area contributed by atoms with Crippen LogP contribution in [0.5, 0.6) is 0 Å². The third-order valence-electron chi connectivity index (χ3n) is 3.72. The molecule has 0 bridgehead atoms. The first-order valence-electron chi connectivity index (χ1n) is 8.46. The Balaban J connectivity index is -0.000000815. The molecule has 30 heavy (non-hydrogen) atoms. The molecule has 0 aromatic heterocycles. The molecular formula is C23H24CrN2O4. The van der Waals surface area contributed by atoms with Crippen molar-refractivity contribution in [2.45, 2.75) is 19.9 Å². The topological polar surface area (TPSA) is 86.1 Å². The Morgan fingerprint density at radius 1 is 0.767 bits per heavy atom. The number of rotatable bonds is 7. The maximum atomic E-state index is 7.50. The summed E-state index contributed by atoms with van der Waals surface area (Å²) in [5.41, 5.74) is 2.69. The quantitative estimate of drug-likeness (QED) is 0.373. The molecule has 1 unspecified atom stereocenters. The number of hydrogen-bond acceptors (Lipinski definition) is 2. The Kier molecular flexibility index (Phi) is 24.8. The molecule has 1 atom stereocenters. The molecule has 0 N–H and O–H groups in total. The van der Waals surface area contributed by atoms with Crippen molar-refractivity contribution in [1.82, 2.24) is 10.0 Å². The summed E-state index contributed by atoms with van der Waals surface area (Å²) in [5, 5.41) is 4.46. The first-order chi connectivity index (χ1) is 14.6. The predicted octanol–water partition coefficient (Wildman–Crippen LogP) is 3.37. The van der Waals surface area contributed by atoms with Crippen molar-refractivity contribution in [3.63, 3.8) is 0 Å². The summed E-state index contributed by atoms with van der Waals surface area (Å²) in [6.45, 7) is 21.2. The third-order valence-corrected chi connectivity index (χ3v) is 4.68. The summed E-state index contributed by atoms with van der Waals surface area (Å²) >= 11 is 3.30. The van der Waals surface area contributed by atoms with E-state index < -0.39 is 0 Å². The van der Waals surface area contributed by atoms with Gasteiger partial charge in [0, 0.05) is 0 Å². The molecule has 7 heteroatoms. The average Bonchev–Trinajstić information content (AvgIpc) is 2.83. The zero-order valence-corrected chi connectivity index (χ0v) is 18.5. The van der Waals surface area contributed by atoms with Crippen molar-refractivity contribution >= 4 is 4.50 Å². The van der Waals surface area contributed by atoms with Crippen LogP contribution in [0.2, 0.25) is 0 Å². The van der Waals surface area contributed by atoms with Crippen molar-refractivity contribution < 1.29 is 34.5 Å². The molecule has 0 aliphatic heterocycles. The monoisotopic (exact) mass is 444 g/mol. The van der Waals surface area contributed by atoms with Gasteiger partial charge in [-0.15, -0.1) is 0 Å². The molecule has 0 spiro atoms. The molecule has 2 aromatic carbocycles. The van der Waals surface area contributed by atoms with E-state index in [0.717, 1.165) is 13.0 Å². The Bertz CT molecular complexity index is 732. The fourth-order valence-electron chi connectivity index (χ4n) is 2.48. The second-order valence-electron chi connectivity index (χ2n) is 5.82. The van der Waals surface area contributed by atoms with Crippen LogP contribution in [0.15, 0.2) is 60.7 Å². The Labute approximate surface area is 187 Å². The van der Waals surface area contributed by atoms with E-state index in [1.54, 1.807) is 0 Å². The summed E-state index contributed by atoms with van der Waals surface area (Å²) in [6, 6.07) is 21.3. The van der Waals surface area contributed by atoms with Crippen LogP contribution in [0, 0.1) is 32.5 Å². The molecule has 0 saturated heterocycles. The standard InChI is InChI=1S/C19H24N2.4CO.Cr/c1-17(14-18-10-6-4-7-11-18)15-21(20(2)3)16-19-12-8-5-9-13-19;4*1-2;/h4-13,17H,14,16H2,1-3H3;;;;;. The second kappa shape index (κ2) is 23.0. The van der Waals surface area contributed by atoms with Gasteiger partial charge in [0.25, 0.3) is 0 Å². The zero-order chi connectivity index (χ0) is 23.9. The molecule has 6 nitrogen and oxygen atoms in total. The van der Waals surface area contributed by atoms with Gasteiger partial charge in [0.15, 0.2) is 0 Å². The van der Waals surface area contributed by atoms with E-state index in [4.69, 9.17) is 18.6 Å². The molecule has 2 aromatic rings. The summed E-state index contributed by atoms with van der Waals surface area (Å²) in [6.07, 6.45) is 1.04. The summed E-state index contributed by atoms with van der Waals surface area (Å²) in [7, 11) is 4.19. The van der Waals surface area contributed by atoms with Gasteiger partial charge < -0.3 is 0 Å². The maximum absolute atomic E-state index is 7.50. The van der Waals surface area contributed by atoms with Gasteiger partial charge in [-0.25, -0.2) is 0 Å². The summed E-state index contributed by atoms with van der Waals surface area (Å²) in [4.78, 5) is 0. The Morgan fingerprint density at radius 3 is 1.50 bits per heavy atom. The SMILES string of the molecule is CC(Cc1ccccc1)[C](=[Cr])N(Cc1ccccc1)N(C)C.[C-]#[O+].[C-]#[O+].[C-]#[O+].[C-]#[O+]. The van der Waals surface area contributed by atoms with Crippen molar-refractivity contribution in [1.29, 1.82) is 0 Å². The van der Waals surface area contributed by atoms with E-state index in [2.05, 4.69) is 134 Å². The predicted molar refractivity (Wildman–Crippen MR) is 106 cm³/mol. The van der Waals surface area contributed by atoms with Gasteiger partial charge in [0.05, 0.1) is 0 Å². The van der Waals surface area contributed by atoms with Crippen LogP contribution < -0.4 is 0 Å². The molecule has 0 heterocycles. The van der Waals surface area contributed by atoms with Crippen LogP contribution in [-0.4, -0.2) is 28.6 Å². The number of benzene rings is 2. The fraction of sp³-hybridized carbons (Fsp3) is 0.261. The average molecular weight is 444 g/mol. The van der Waals surface area contributed by atoms with Crippen molar-refractivity contribution in [3.05, 3.63) is 98.4 Å². The molecular weight excluding hydrogens is 420 g/mol. The van der Waals surface area contributed by atoms with E-state index in [1.165, 1.54) is 15.6 Å². The van der Waals surface area contributed by atoms with Crippen LogP contribution >= 0.6 is 0 Å². The Morgan fingerprint density at radius 2 is 1.13 bits per heavy atom. The van der Waals surface area contributed by atoms with Gasteiger partial charge >= 0.3 is 187 Å². The molecule has 156 valence electrons. The fourth-order valence-corrected chi connectivity index (χ4v) is 2.97. The molecule has 0 radical (unpaired) electrons. The van der Waals surface area contributed by atoms with Gasteiger partial charge in [-0.2, -0.15) is 0 Å². The van der Waals surface area contributed by atoms with Gasteiger partial charge in [0.2, 0.25) is 0 Å². The normalized spacial score (nSPS) is 9.50. The molecule has 0 aliphatic carbocycles. The molecule has 0 fully saturated rings. The molecule has 0 amide bonds. The van der Waals surface area contributed by atoms with E-state index in [0.29, 0.717) is 5.92 Å². The van der Waals surface area contributed by atoms with Crippen LogP contribution in [0.4, 0.5) is 0 Å². The van der Waals surface area contributed by atoms with Crippen LogP contribution in [0.3, 0.4) is 0 Å².